The van der Waals surface area contributed by atoms with Gasteiger partial charge in [-0.3, -0.25) is 0 Å². The van der Waals surface area contributed by atoms with Crippen LogP contribution in [0.25, 0.3) is 0 Å². The number of ether oxygens (including phenoxy) is 3. The maximum atomic E-state index is 13.3. The van der Waals surface area contributed by atoms with Crippen LogP contribution in [-0.4, -0.2) is 48.8 Å². The van der Waals surface area contributed by atoms with Crippen molar-refractivity contribution < 1.29 is 54.5 Å². The number of alkyl halides is 7. The van der Waals surface area contributed by atoms with E-state index in [-0.39, 0.29) is 0 Å². The molecule has 0 aliphatic carbocycles. The number of methoxy groups -OCH3 is 1. The quantitative estimate of drug-likeness (QED) is 0.142. The standard InChI is InChI=1S/C14H17F7O5S/c1-8(2)9(22)26-12(10(23)24-3,13(17,18)19)25-7-5-4-6-11(15,16)14(20,21)27/h27H,1,4-7H2,2-3H3. The Labute approximate surface area is 155 Å². The van der Waals surface area contributed by atoms with E-state index in [4.69, 9.17) is 0 Å². The topological polar surface area (TPSA) is 61.8 Å². The fourth-order valence-electron chi connectivity index (χ4n) is 1.55. The average molecular weight is 430 g/mol. The summed E-state index contributed by atoms with van der Waals surface area (Å²) in [6.45, 7) is 3.02. The van der Waals surface area contributed by atoms with E-state index in [0.717, 1.165) is 6.92 Å². The molecular formula is C14H17F7O5S. The first kappa shape index (κ1) is 25.5. The molecule has 0 saturated heterocycles. The minimum Gasteiger partial charge on any atom is -0.464 e. The van der Waals surface area contributed by atoms with Gasteiger partial charge in [0.15, 0.2) is 0 Å². The minimum absolute atomic E-state index is 0.494. The molecule has 0 aromatic carbocycles. The maximum absolute atomic E-state index is 13.3. The van der Waals surface area contributed by atoms with Gasteiger partial charge in [-0.2, -0.15) is 30.7 Å². The lowest BCUT2D eigenvalue weighted by Gasteiger charge is -2.32. The number of carbonyl (C=O) groups excluding carboxylic acids is 2. The molecule has 0 fully saturated rings. The van der Waals surface area contributed by atoms with E-state index in [9.17, 15) is 40.3 Å². The van der Waals surface area contributed by atoms with Crippen LogP contribution in [0.15, 0.2) is 12.2 Å². The van der Waals surface area contributed by atoms with E-state index in [2.05, 4.69) is 33.4 Å². The zero-order valence-corrected chi connectivity index (χ0v) is 15.1. The highest BCUT2D eigenvalue weighted by Crippen LogP contribution is 2.41. The average Bonchev–Trinajstić information content (AvgIpc) is 2.49. The highest BCUT2D eigenvalue weighted by Gasteiger charge is 2.67. The molecule has 0 radical (unpaired) electrons. The Kier molecular flexibility index (Phi) is 8.62. The summed E-state index contributed by atoms with van der Waals surface area (Å²) in [5.41, 5.74) is -0.494. The van der Waals surface area contributed by atoms with Crippen molar-refractivity contribution in [1.82, 2.24) is 0 Å². The van der Waals surface area contributed by atoms with Gasteiger partial charge in [0.25, 0.3) is 0 Å². The fraction of sp³-hybridized carbons (Fsp3) is 0.714. The lowest BCUT2D eigenvalue weighted by Crippen LogP contribution is -2.58. The summed E-state index contributed by atoms with van der Waals surface area (Å²) in [6, 6.07) is 0. The molecule has 0 saturated carbocycles. The summed E-state index contributed by atoms with van der Waals surface area (Å²) in [7, 11) is 0.566. The normalized spacial score (nSPS) is 15.0. The van der Waals surface area contributed by atoms with Gasteiger partial charge >= 0.3 is 35.1 Å². The van der Waals surface area contributed by atoms with Crippen LogP contribution in [0, 0.1) is 0 Å². The van der Waals surface area contributed by atoms with Gasteiger partial charge in [-0.1, -0.05) is 19.2 Å². The Morgan fingerprint density at radius 3 is 1.93 bits per heavy atom. The second-order valence-corrected chi connectivity index (χ2v) is 5.89. The molecule has 0 aliphatic heterocycles. The molecule has 0 amide bonds. The smallest absolute Gasteiger partial charge is 0.464 e. The second kappa shape index (κ2) is 9.13. The summed E-state index contributed by atoms with van der Waals surface area (Å²) in [6.07, 6.45) is -8.30. The molecule has 0 N–H and O–H groups in total. The van der Waals surface area contributed by atoms with E-state index in [1.165, 1.54) is 0 Å². The van der Waals surface area contributed by atoms with Crippen molar-refractivity contribution in [2.24, 2.45) is 0 Å². The predicted molar refractivity (Wildman–Crippen MR) is 80.4 cm³/mol. The van der Waals surface area contributed by atoms with E-state index in [0.29, 0.717) is 7.11 Å². The minimum atomic E-state index is -5.59. The predicted octanol–water partition coefficient (Wildman–Crippen LogP) is 3.88. The van der Waals surface area contributed by atoms with Gasteiger partial charge in [-0.25, -0.2) is 9.59 Å². The molecule has 5 nitrogen and oxygen atoms in total. The van der Waals surface area contributed by atoms with Crippen molar-refractivity contribution in [3.05, 3.63) is 12.2 Å². The largest absolute Gasteiger partial charge is 0.468 e. The van der Waals surface area contributed by atoms with Crippen molar-refractivity contribution >= 4 is 24.6 Å². The summed E-state index contributed by atoms with van der Waals surface area (Å²) in [4.78, 5) is 23.0. The fourth-order valence-corrected chi connectivity index (χ4v) is 1.66. The Morgan fingerprint density at radius 1 is 1.04 bits per heavy atom. The first-order valence-corrected chi connectivity index (χ1v) is 7.62. The third-order valence-electron chi connectivity index (χ3n) is 3.04. The molecule has 1 atom stereocenters. The number of esters is 2. The van der Waals surface area contributed by atoms with Gasteiger partial charge in [-0.05, 0) is 19.8 Å². The molecule has 27 heavy (non-hydrogen) atoms. The molecule has 0 spiro atoms. The van der Waals surface area contributed by atoms with Gasteiger partial charge < -0.3 is 14.2 Å². The van der Waals surface area contributed by atoms with E-state index >= 15 is 0 Å². The van der Waals surface area contributed by atoms with Crippen LogP contribution in [0.2, 0.25) is 0 Å². The number of halogens is 7. The Bertz CT molecular complexity index is 559. The third-order valence-corrected chi connectivity index (χ3v) is 3.37. The number of carbonyl (C=O) groups is 2. The Hall–Kier alpha value is -1.50. The van der Waals surface area contributed by atoms with Crippen LogP contribution in [0.1, 0.15) is 26.2 Å². The van der Waals surface area contributed by atoms with Crippen molar-refractivity contribution in [2.75, 3.05) is 13.7 Å². The highest BCUT2D eigenvalue weighted by atomic mass is 32.1. The second-order valence-electron chi connectivity index (χ2n) is 5.33. The van der Waals surface area contributed by atoms with Gasteiger partial charge in [0.05, 0.1) is 13.7 Å². The van der Waals surface area contributed by atoms with Gasteiger partial charge in [-0.15, -0.1) is 0 Å². The lowest BCUT2D eigenvalue weighted by molar-refractivity contribution is -0.354. The van der Waals surface area contributed by atoms with Crippen LogP contribution in [-0.2, 0) is 23.8 Å². The Balaban J connectivity index is 5.20. The van der Waals surface area contributed by atoms with E-state index in [1.807, 2.05) is 0 Å². The molecule has 0 bridgehead atoms. The first-order chi connectivity index (χ1) is 12.0. The van der Waals surface area contributed by atoms with Crippen LogP contribution in [0.3, 0.4) is 0 Å². The summed E-state index contributed by atoms with van der Waals surface area (Å²) in [5.74, 6) is -12.4. The van der Waals surface area contributed by atoms with Crippen LogP contribution >= 0.6 is 12.6 Å². The highest BCUT2D eigenvalue weighted by molar-refractivity contribution is 7.81. The van der Waals surface area contributed by atoms with Gasteiger partial charge in [0, 0.05) is 12.0 Å². The van der Waals surface area contributed by atoms with Crippen molar-refractivity contribution in [2.45, 2.75) is 49.3 Å². The molecule has 0 aromatic heterocycles. The molecule has 0 rings (SSSR count). The molecule has 13 heteroatoms. The number of hydrogen-bond acceptors (Lipinski definition) is 6. The van der Waals surface area contributed by atoms with Crippen molar-refractivity contribution in [1.29, 1.82) is 0 Å². The first-order valence-electron chi connectivity index (χ1n) is 7.18. The number of thiol groups is 1. The summed E-state index contributed by atoms with van der Waals surface area (Å²) < 4.78 is 103. The monoisotopic (exact) mass is 430 g/mol. The number of unbranched alkanes of at least 4 members (excludes halogenated alkanes) is 1. The van der Waals surface area contributed by atoms with Gasteiger partial charge in [0.1, 0.15) is 0 Å². The van der Waals surface area contributed by atoms with Crippen LogP contribution in [0.4, 0.5) is 30.7 Å². The van der Waals surface area contributed by atoms with E-state index < -0.39 is 66.5 Å². The number of rotatable bonds is 10. The molecule has 0 aliphatic rings. The van der Waals surface area contributed by atoms with Crippen LogP contribution in [0.5, 0.6) is 0 Å². The summed E-state index contributed by atoms with van der Waals surface area (Å²) >= 11 is 2.45. The third kappa shape index (κ3) is 6.55. The Morgan fingerprint density at radius 2 is 1.56 bits per heavy atom. The van der Waals surface area contributed by atoms with Gasteiger partial charge in [0.2, 0.25) is 0 Å². The van der Waals surface area contributed by atoms with Crippen LogP contribution < -0.4 is 0 Å². The molecule has 158 valence electrons. The number of hydrogen-bond donors (Lipinski definition) is 1. The zero-order chi connectivity index (χ0) is 21.7. The maximum Gasteiger partial charge on any atom is 0.468 e. The zero-order valence-electron chi connectivity index (χ0n) is 14.2. The molecule has 0 aromatic rings. The van der Waals surface area contributed by atoms with Crippen molar-refractivity contribution in [3.8, 4) is 0 Å². The molecule has 0 heterocycles. The lowest BCUT2D eigenvalue weighted by atomic mass is 10.1. The molecule has 1 unspecified atom stereocenters. The van der Waals surface area contributed by atoms with Crippen molar-refractivity contribution in [3.63, 3.8) is 0 Å². The van der Waals surface area contributed by atoms with E-state index in [1.54, 1.807) is 0 Å². The molecular weight excluding hydrogens is 413 g/mol. The summed E-state index contributed by atoms with van der Waals surface area (Å²) in [5, 5.41) is -4.62. The SMILES string of the molecule is C=C(C)C(=O)OC(OCCCCC(F)(F)C(F)(F)S)(C(=O)OC)C(F)(F)F.